The molecule has 2 aromatic rings. The molecule has 1 aromatic carbocycles. The van der Waals surface area contributed by atoms with Gasteiger partial charge in [0.05, 0.1) is 21.3 Å². The summed E-state index contributed by atoms with van der Waals surface area (Å²) >= 11 is 12.1. The Morgan fingerprint density at radius 3 is 2.35 bits per heavy atom. The van der Waals surface area contributed by atoms with Crippen molar-refractivity contribution in [3.63, 3.8) is 0 Å². The SMILES string of the molecule is O=C(Nc1c(Cl)cccc1Cl)c1ccc(N2CCCCC2)nc1. The second kappa shape index (κ2) is 7.20. The molecular weight excluding hydrogens is 333 g/mol. The summed E-state index contributed by atoms with van der Waals surface area (Å²) in [6.45, 7) is 2.04. The number of piperidine rings is 1. The van der Waals surface area contributed by atoms with Gasteiger partial charge in [-0.2, -0.15) is 0 Å². The molecule has 1 N–H and O–H groups in total. The van der Waals surface area contributed by atoms with E-state index < -0.39 is 0 Å². The number of amides is 1. The highest BCUT2D eigenvalue weighted by Gasteiger charge is 2.14. The number of rotatable bonds is 3. The molecule has 120 valence electrons. The second-order valence-electron chi connectivity index (χ2n) is 5.50. The summed E-state index contributed by atoms with van der Waals surface area (Å²) in [7, 11) is 0. The van der Waals surface area contributed by atoms with E-state index in [4.69, 9.17) is 23.2 Å². The van der Waals surface area contributed by atoms with Gasteiger partial charge in [0.1, 0.15) is 5.82 Å². The zero-order valence-electron chi connectivity index (χ0n) is 12.6. The number of nitrogens with one attached hydrogen (secondary N) is 1. The molecule has 2 heterocycles. The van der Waals surface area contributed by atoms with E-state index in [2.05, 4.69) is 15.2 Å². The van der Waals surface area contributed by atoms with E-state index in [9.17, 15) is 4.79 Å². The summed E-state index contributed by atoms with van der Waals surface area (Å²) in [6.07, 6.45) is 5.24. The van der Waals surface area contributed by atoms with Crippen molar-refractivity contribution in [1.82, 2.24) is 4.98 Å². The monoisotopic (exact) mass is 349 g/mol. The number of carbonyl (C=O) groups excluding carboxylic acids is 1. The van der Waals surface area contributed by atoms with Crippen LogP contribution in [0.4, 0.5) is 11.5 Å². The highest BCUT2D eigenvalue weighted by atomic mass is 35.5. The van der Waals surface area contributed by atoms with Gasteiger partial charge in [0.15, 0.2) is 0 Å². The lowest BCUT2D eigenvalue weighted by molar-refractivity contribution is 0.102. The highest BCUT2D eigenvalue weighted by molar-refractivity contribution is 6.40. The van der Waals surface area contributed by atoms with Crippen LogP contribution >= 0.6 is 23.2 Å². The summed E-state index contributed by atoms with van der Waals surface area (Å²) in [6, 6.07) is 8.75. The maximum atomic E-state index is 12.3. The Morgan fingerprint density at radius 1 is 1.04 bits per heavy atom. The minimum absolute atomic E-state index is 0.280. The van der Waals surface area contributed by atoms with Crippen LogP contribution in [0.15, 0.2) is 36.5 Å². The van der Waals surface area contributed by atoms with E-state index in [1.54, 1.807) is 30.5 Å². The molecule has 23 heavy (non-hydrogen) atoms. The van der Waals surface area contributed by atoms with Crippen LogP contribution in [0.5, 0.6) is 0 Å². The zero-order valence-corrected chi connectivity index (χ0v) is 14.1. The molecule has 4 nitrogen and oxygen atoms in total. The van der Waals surface area contributed by atoms with Crippen molar-refractivity contribution >= 4 is 40.6 Å². The van der Waals surface area contributed by atoms with Gasteiger partial charge in [0.25, 0.3) is 5.91 Å². The maximum absolute atomic E-state index is 12.3. The summed E-state index contributed by atoms with van der Waals surface area (Å²) in [4.78, 5) is 19.0. The molecule has 0 bridgehead atoms. The predicted octanol–water partition coefficient (Wildman–Crippen LogP) is 4.63. The van der Waals surface area contributed by atoms with Crippen molar-refractivity contribution in [3.8, 4) is 0 Å². The molecule has 1 aliphatic rings. The fraction of sp³-hybridized carbons (Fsp3) is 0.294. The van der Waals surface area contributed by atoms with E-state index >= 15 is 0 Å². The topological polar surface area (TPSA) is 45.2 Å². The Labute approximate surface area is 145 Å². The van der Waals surface area contributed by atoms with Gasteiger partial charge in [-0.25, -0.2) is 4.98 Å². The third-order valence-corrected chi connectivity index (χ3v) is 4.52. The quantitative estimate of drug-likeness (QED) is 0.878. The first-order chi connectivity index (χ1) is 11.1. The molecular formula is C17H17Cl2N3O. The average Bonchev–Trinajstić information content (AvgIpc) is 2.59. The molecule has 0 unspecified atom stereocenters. The van der Waals surface area contributed by atoms with Crippen molar-refractivity contribution in [2.45, 2.75) is 19.3 Å². The van der Waals surface area contributed by atoms with E-state index in [-0.39, 0.29) is 5.91 Å². The van der Waals surface area contributed by atoms with E-state index in [0.29, 0.717) is 21.3 Å². The normalized spacial score (nSPS) is 14.6. The van der Waals surface area contributed by atoms with Crippen molar-refractivity contribution in [2.24, 2.45) is 0 Å². The van der Waals surface area contributed by atoms with Gasteiger partial charge >= 0.3 is 0 Å². The summed E-state index contributed by atoms with van der Waals surface area (Å²) in [5.74, 6) is 0.634. The van der Waals surface area contributed by atoms with E-state index in [1.807, 2.05) is 6.07 Å². The molecule has 1 aliphatic heterocycles. The smallest absolute Gasteiger partial charge is 0.257 e. The molecule has 0 saturated carbocycles. The van der Waals surface area contributed by atoms with Crippen molar-refractivity contribution in [1.29, 1.82) is 0 Å². The van der Waals surface area contributed by atoms with Crippen LogP contribution in [0, 0.1) is 0 Å². The minimum Gasteiger partial charge on any atom is -0.357 e. The lowest BCUT2D eigenvalue weighted by atomic mass is 10.1. The number of pyridine rings is 1. The standard InChI is InChI=1S/C17H17Cl2N3O/c18-13-5-4-6-14(19)16(13)21-17(23)12-7-8-15(20-11-12)22-9-2-1-3-10-22/h4-8,11H,1-3,9-10H2,(H,21,23). The molecule has 1 aromatic heterocycles. The number of hydrogen-bond donors (Lipinski definition) is 1. The molecule has 3 rings (SSSR count). The number of nitrogens with zero attached hydrogens (tertiary/aromatic N) is 2. The highest BCUT2D eigenvalue weighted by Crippen LogP contribution is 2.30. The summed E-state index contributed by atoms with van der Waals surface area (Å²) < 4.78 is 0. The second-order valence-corrected chi connectivity index (χ2v) is 6.32. The number of hydrogen-bond acceptors (Lipinski definition) is 3. The Balaban J connectivity index is 1.72. The van der Waals surface area contributed by atoms with Crippen LogP contribution in [0.2, 0.25) is 10.0 Å². The number of carbonyl (C=O) groups is 1. The van der Waals surface area contributed by atoms with Gasteiger partial charge in [-0.15, -0.1) is 0 Å². The largest absolute Gasteiger partial charge is 0.357 e. The summed E-state index contributed by atoms with van der Waals surface area (Å²) in [5.41, 5.74) is 0.891. The first-order valence-electron chi connectivity index (χ1n) is 7.61. The van der Waals surface area contributed by atoms with Crippen LogP contribution in [0.3, 0.4) is 0 Å². The predicted molar refractivity (Wildman–Crippen MR) is 94.7 cm³/mol. The van der Waals surface area contributed by atoms with Crippen molar-refractivity contribution < 1.29 is 4.79 Å². The fourth-order valence-corrected chi connectivity index (χ4v) is 3.13. The van der Waals surface area contributed by atoms with Gasteiger partial charge in [-0.05, 0) is 43.5 Å². The van der Waals surface area contributed by atoms with Gasteiger partial charge in [0, 0.05) is 19.3 Å². The molecule has 1 saturated heterocycles. The van der Waals surface area contributed by atoms with E-state index in [0.717, 1.165) is 18.9 Å². The van der Waals surface area contributed by atoms with Crippen molar-refractivity contribution in [2.75, 3.05) is 23.3 Å². The third-order valence-electron chi connectivity index (χ3n) is 3.89. The first kappa shape index (κ1) is 16.1. The van der Waals surface area contributed by atoms with Crippen LogP contribution < -0.4 is 10.2 Å². The molecule has 6 heteroatoms. The molecule has 0 spiro atoms. The molecule has 1 amide bonds. The fourth-order valence-electron chi connectivity index (χ4n) is 2.63. The van der Waals surface area contributed by atoms with Crippen LogP contribution in [0.25, 0.3) is 0 Å². The molecule has 0 atom stereocenters. The molecule has 0 aliphatic carbocycles. The first-order valence-corrected chi connectivity index (χ1v) is 8.37. The maximum Gasteiger partial charge on any atom is 0.257 e. The number of anilines is 2. The number of aromatic nitrogens is 1. The van der Waals surface area contributed by atoms with Crippen LogP contribution in [0.1, 0.15) is 29.6 Å². The van der Waals surface area contributed by atoms with Crippen LogP contribution in [-0.4, -0.2) is 24.0 Å². The Morgan fingerprint density at radius 2 is 1.74 bits per heavy atom. The lowest BCUT2D eigenvalue weighted by Crippen LogP contribution is -2.30. The summed E-state index contributed by atoms with van der Waals surface area (Å²) in [5, 5.41) is 3.55. The molecule has 1 fully saturated rings. The number of halogens is 2. The Kier molecular flexibility index (Phi) is 5.03. The Bertz CT molecular complexity index is 677. The van der Waals surface area contributed by atoms with Gasteiger partial charge in [-0.3, -0.25) is 4.79 Å². The van der Waals surface area contributed by atoms with Gasteiger partial charge in [-0.1, -0.05) is 29.3 Å². The van der Waals surface area contributed by atoms with E-state index in [1.165, 1.54) is 19.3 Å². The third kappa shape index (κ3) is 3.77. The average molecular weight is 350 g/mol. The zero-order chi connectivity index (χ0) is 16.2. The lowest BCUT2D eigenvalue weighted by Gasteiger charge is -2.27. The van der Waals surface area contributed by atoms with Gasteiger partial charge in [0.2, 0.25) is 0 Å². The minimum atomic E-state index is -0.280. The van der Waals surface area contributed by atoms with Crippen molar-refractivity contribution in [3.05, 3.63) is 52.1 Å². The van der Waals surface area contributed by atoms with Crippen LogP contribution in [-0.2, 0) is 0 Å². The number of para-hydroxylation sites is 1. The number of benzene rings is 1. The van der Waals surface area contributed by atoms with Gasteiger partial charge < -0.3 is 10.2 Å². The molecule has 0 radical (unpaired) electrons. The Hall–Kier alpha value is -1.78.